The van der Waals surface area contributed by atoms with Crippen molar-refractivity contribution >= 4 is 34.8 Å². The van der Waals surface area contributed by atoms with Gasteiger partial charge in [0.2, 0.25) is 5.89 Å². The van der Waals surface area contributed by atoms with E-state index in [0.29, 0.717) is 5.89 Å². The summed E-state index contributed by atoms with van der Waals surface area (Å²) < 4.78 is 5.79. The molecule has 0 aliphatic heterocycles. The molecule has 3 aromatic carbocycles. The van der Waals surface area contributed by atoms with Crippen molar-refractivity contribution in [3.63, 3.8) is 0 Å². The molecule has 0 amide bonds. The van der Waals surface area contributed by atoms with E-state index in [1.807, 2.05) is 54.6 Å². The number of rotatable bonds is 5. The highest BCUT2D eigenvalue weighted by Crippen LogP contribution is 2.26. The topological polar surface area (TPSA) is 81.5 Å². The zero-order chi connectivity index (χ0) is 19.3. The van der Waals surface area contributed by atoms with Crippen LogP contribution in [0.4, 0.5) is 11.4 Å². The lowest BCUT2D eigenvalue weighted by molar-refractivity contribution is -0.384. The third-order valence-corrected chi connectivity index (χ3v) is 4.09. The average molecular weight is 369 g/mol. The van der Waals surface area contributed by atoms with Crippen LogP contribution in [0, 0.1) is 10.1 Å². The van der Waals surface area contributed by atoms with Crippen LogP contribution in [0.1, 0.15) is 5.56 Å². The highest BCUT2D eigenvalue weighted by molar-refractivity contribution is 5.81. The quantitative estimate of drug-likeness (QED) is 0.252. The Hall–Kier alpha value is -4.06. The summed E-state index contributed by atoms with van der Waals surface area (Å²) in [5.74, 6) is 0.555. The van der Waals surface area contributed by atoms with Crippen molar-refractivity contribution in [1.29, 1.82) is 0 Å². The molecular weight excluding hydrogens is 354 g/mol. The molecule has 0 saturated carbocycles. The monoisotopic (exact) mass is 369 g/mol. The maximum Gasteiger partial charge on any atom is 0.269 e. The van der Waals surface area contributed by atoms with Crippen LogP contribution in [0.3, 0.4) is 0 Å². The second kappa shape index (κ2) is 7.67. The van der Waals surface area contributed by atoms with E-state index in [1.165, 1.54) is 12.1 Å². The van der Waals surface area contributed by atoms with E-state index in [9.17, 15) is 10.1 Å². The molecule has 0 N–H and O–H groups in total. The summed E-state index contributed by atoms with van der Waals surface area (Å²) >= 11 is 0. The number of allylic oxidation sites excluding steroid dienone is 1. The first kappa shape index (κ1) is 17.4. The Kier molecular flexibility index (Phi) is 4.76. The van der Waals surface area contributed by atoms with Crippen molar-refractivity contribution in [3.05, 3.63) is 94.6 Å². The number of aliphatic imine (C=N–C) groups is 1. The zero-order valence-corrected chi connectivity index (χ0v) is 14.7. The van der Waals surface area contributed by atoms with Crippen LogP contribution in [-0.2, 0) is 0 Å². The molecule has 0 fully saturated rings. The number of fused-ring (bicyclic) bond motifs is 1. The number of hydrogen-bond acceptors (Lipinski definition) is 5. The first-order valence-corrected chi connectivity index (χ1v) is 8.60. The molecule has 0 saturated heterocycles. The van der Waals surface area contributed by atoms with Crippen molar-refractivity contribution in [3.8, 4) is 11.5 Å². The van der Waals surface area contributed by atoms with Crippen molar-refractivity contribution in [2.45, 2.75) is 0 Å². The average Bonchev–Trinajstić information content (AvgIpc) is 3.16. The maximum atomic E-state index is 10.7. The fourth-order valence-electron chi connectivity index (χ4n) is 2.71. The predicted molar refractivity (Wildman–Crippen MR) is 110 cm³/mol. The molecule has 1 heterocycles. The second-order valence-corrected chi connectivity index (χ2v) is 6.02. The van der Waals surface area contributed by atoms with Gasteiger partial charge in [-0.15, -0.1) is 0 Å². The van der Waals surface area contributed by atoms with Crippen LogP contribution in [0.15, 0.2) is 88.3 Å². The van der Waals surface area contributed by atoms with Crippen LogP contribution >= 0.6 is 0 Å². The first-order chi connectivity index (χ1) is 13.7. The minimum atomic E-state index is -0.418. The van der Waals surface area contributed by atoms with Gasteiger partial charge < -0.3 is 4.42 Å². The molecule has 0 spiro atoms. The Morgan fingerprint density at radius 1 is 1.00 bits per heavy atom. The van der Waals surface area contributed by atoms with Gasteiger partial charge in [0.05, 0.1) is 10.6 Å². The first-order valence-electron chi connectivity index (χ1n) is 8.60. The summed E-state index contributed by atoms with van der Waals surface area (Å²) in [5, 5.41) is 10.7. The van der Waals surface area contributed by atoms with Crippen molar-refractivity contribution in [1.82, 2.24) is 4.98 Å². The van der Waals surface area contributed by atoms with E-state index < -0.39 is 4.92 Å². The fourth-order valence-corrected chi connectivity index (χ4v) is 2.71. The summed E-state index contributed by atoms with van der Waals surface area (Å²) in [6.07, 6.45) is 5.29. The Morgan fingerprint density at radius 3 is 2.61 bits per heavy atom. The molecule has 0 radical (unpaired) electrons. The fraction of sp³-hybridized carbons (Fsp3) is 0. The summed E-state index contributed by atoms with van der Waals surface area (Å²) in [7, 11) is 0. The number of oxazole rings is 1. The molecule has 0 aliphatic carbocycles. The highest BCUT2D eigenvalue weighted by Gasteiger charge is 2.07. The number of para-hydroxylation sites is 2. The van der Waals surface area contributed by atoms with Gasteiger partial charge in [-0.1, -0.05) is 24.3 Å². The number of aromatic nitrogens is 1. The Morgan fingerprint density at radius 2 is 1.82 bits per heavy atom. The molecule has 0 aliphatic rings. The number of hydrogen-bond donors (Lipinski definition) is 0. The van der Waals surface area contributed by atoms with Crippen LogP contribution in [-0.4, -0.2) is 16.1 Å². The van der Waals surface area contributed by atoms with E-state index in [1.54, 1.807) is 24.4 Å². The summed E-state index contributed by atoms with van der Waals surface area (Å²) in [6.45, 7) is 0. The lowest BCUT2D eigenvalue weighted by Gasteiger charge is -1.97. The van der Waals surface area contributed by atoms with Gasteiger partial charge in [-0.2, -0.15) is 0 Å². The molecule has 6 nitrogen and oxygen atoms in total. The molecule has 4 aromatic rings. The van der Waals surface area contributed by atoms with Gasteiger partial charge in [-0.3, -0.25) is 15.1 Å². The Balaban J connectivity index is 1.49. The summed E-state index contributed by atoms with van der Waals surface area (Å²) in [5.41, 5.74) is 4.12. The van der Waals surface area contributed by atoms with Gasteiger partial charge in [0.15, 0.2) is 5.58 Å². The molecule has 136 valence electrons. The van der Waals surface area contributed by atoms with Crippen molar-refractivity contribution in [2.75, 3.05) is 0 Å². The third kappa shape index (κ3) is 3.86. The Labute approximate surface area is 160 Å². The normalized spacial score (nSPS) is 11.6. The predicted octanol–water partition coefficient (Wildman–Crippen LogP) is 5.82. The molecule has 0 atom stereocenters. The van der Waals surface area contributed by atoms with E-state index >= 15 is 0 Å². The van der Waals surface area contributed by atoms with Gasteiger partial charge in [-0.05, 0) is 54.1 Å². The molecule has 28 heavy (non-hydrogen) atoms. The molecular formula is C22H15N3O3. The van der Waals surface area contributed by atoms with Crippen molar-refractivity contribution in [2.24, 2.45) is 4.99 Å². The van der Waals surface area contributed by atoms with Crippen LogP contribution in [0.5, 0.6) is 0 Å². The van der Waals surface area contributed by atoms with Crippen LogP contribution in [0.2, 0.25) is 0 Å². The van der Waals surface area contributed by atoms with Gasteiger partial charge >= 0.3 is 0 Å². The summed E-state index contributed by atoms with van der Waals surface area (Å²) in [4.78, 5) is 19.2. The Bertz CT molecular complexity index is 1160. The molecule has 1 aromatic heterocycles. The largest absolute Gasteiger partial charge is 0.436 e. The maximum absolute atomic E-state index is 10.7. The number of nitro groups is 1. The lowest BCUT2D eigenvalue weighted by Crippen LogP contribution is -1.86. The van der Waals surface area contributed by atoms with Gasteiger partial charge in [-0.25, -0.2) is 4.98 Å². The minimum Gasteiger partial charge on any atom is -0.436 e. The zero-order valence-electron chi connectivity index (χ0n) is 14.7. The van der Waals surface area contributed by atoms with Crippen LogP contribution < -0.4 is 0 Å². The van der Waals surface area contributed by atoms with E-state index in [4.69, 9.17) is 4.42 Å². The standard InChI is InChI=1S/C22H15N3O3/c26-25(27)19-12-10-16(11-13-19)5-4-14-23-18-7-3-6-17(15-18)22-24-20-8-1-2-9-21(20)28-22/h1-15H/b5-4+,23-14?. The smallest absolute Gasteiger partial charge is 0.269 e. The third-order valence-electron chi connectivity index (χ3n) is 4.09. The highest BCUT2D eigenvalue weighted by atomic mass is 16.6. The van der Waals surface area contributed by atoms with Gasteiger partial charge in [0, 0.05) is 23.9 Å². The lowest BCUT2D eigenvalue weighted by atomic mass is 10.2. The molecule has 0 unspecified atom stereocenters. The van der Waals surface area contributed by atoms with Crippen molar-refractivity contribution < 1.29 is 9.34 Å². The molecule has 4 rings (SSSR count). The SMILES string of the molecule is O=[N+]([O-])c1ccc(/C=C/C=Nc2cccc(-c3nc4ccccc4o3)c2)cc1. The van der Waals surface area contributed by atoms with E-state index in [0.717, 1.165) is 27.9 Å². The van der Waals surface area contributed by atoms with E-state index in [-0.39, 0.29) is 5.69 Å². The van der Waals surface area contributed by atoms with Gasteiger partial charge in [0.1, 0.15) is 5.52 Å². The van der Waals surface area contributed by atoms with E-state index in [2.05, 4.69) is 9.98 Å². The molecule has 0 bridgehead atoms. The number of benzene rings is 3. The van der Waals surface area contributed by atoms with Gasteiger partial charge in [0.25, 0.3) is 5.69 Å². The minimum absolute atomic E-state index is 0.0711. The molecule has 6 heteroatoms. The number of nitro benzene ring substituents is 1. The number of non-ortho nitro benzene ring substituents is 1. The summed E-state index contributed by atoms with van der Waals surface area (Å²) in [6, 6.07) is 21.6. The second-order valence-electron chi connectivity index (χ2n) is 6.02. The number of nitrogens with zero attached hydrogens (tertiary/aromatic N) is 3. The van der Waals surface area contributed by atoms with Crippen LogP contribution in [0.25, 0.3) is 28.6 Å².